The molecule has 2 heterocycles. The van der Waals surface area contributed by atoms with E-state index >= 15 is 0 Å². The number of para-hydroxylation sites is 1. The Morgan fingerprint density at radius 1 is 1.15 bits per heavy atom. The fourth-order valence-electron chi connectivity index (χ4n) is 3.21. The molecular weight excluding hydrogens is 340 g/mol. The summed E-state index contributed by atoms with van der Waals surface area (Å²) in [7, 11) is 0. The normalized spacial score (nSPS) is 17.0. The summed E-state index contributed by atoms with van der Waals surface area (Å²) in [4.78, 5) is 23.0. The molecular formula is C22H22N2O3. The van der Waals surface area contributed by atoms with Crippen LogP contribution in [0.4, 0.5) is 0 Å². The van der Waals surface area contributed by atoms with Crippen LogP contribution in [0.25, 0.3) is 22.2 Å². The van der Waals surface area contributed by atoms with Gasteiger partial charge in [0, 0.05) is 24.0 Å². The van der Waals surface area contributed by atoms with Crippen LogP contribution in [0.15, 0.2) is 54.6 Å². The number of hydroxylamine groups is 1. The van der Waals surface area contributed by atoms with E-state index in [1.165, 1.54) is 5.56 Å². The van der Waals surface area contributed by atoms with Crippen molar-refractivity contribution in [3.63, 3.8) is 0 Å². The highest BCUT2D eigenvalue weighted by molar-refractivity contribution is 6.06. The molecule has 1 fully saturated rings. The molecule has 0 aliphatic carbocycles. The van der Waals surface area contributed by atoms with Gasteiger partial charge in [0.25, 0.3) is 5.91 Å². The van der Waals surface area contributed by atoms with E-state index in [1.807, 2.05) is 61.5 Å². The summed E-state index contributed by atoms with van der Waals surface area (Å²) in [6.45, 7) is 2.71. The fraction of sp³-hybridized carbons (Fsp3) is 0.273. The van der Waals surface area contributed by atoms with Crippen LogP contribution < -0.4 is 5.48 Å². The number of carbonyl (C=O) groups is 1. The molecule has 0 spiro atoms. The van der Waals surface area contributed by atoms with E-state index in [9.17, 15) is 4.79 Å². The number of hydrogen-bond acceptors (Lipinski definition) is 4. The van der Waals surface area contributed by atoms with Gasteiger partial charge in [0.15, 0.2) is 6.29 Å². The Labute approximate surface area is 158 Å². The topological polar surface area (TPSA) is 60.5 Å². The number of pyridine rings is 1. The monoisotopic (exact) mass is 362 g/mol. The first-order valence-corrected chi connectivity index (χ1v) is 9.25. The molecule has 4 rings (SSSR count). The number of hydrogen-bond donors (Lipinski definition) is 1. The fourth-order valence-corrected chi connectivity index (χ4v) is 3.21. The minimum atomic E-state index is -0.382. The van der Waals surface area contributed by atoms with Gasteiger partial charge >= 0.3 is 0 Å². The number of ether oxygens (including phenoxy) is 1. The first-order valence-electron chi connectivity index (χ1n) is 9.25. The Morgan fingerprint density at radius 3 is 2.74 bits per heavy atom. The minimum Gasteiger partial charge on any atom is -0.350 e. The van der Waals surface area contributed by atoms with Gasteiger partial charge in [-0.25, -0.2) is 15.3 Å². The van der Waals surface area contributed by atoms with Gasteiger partial charge in [0.1, 0.15) is 0 Å². The first-order chi connectivity index (χ1) is 13.2. The molecule has 1 unspecified atom stereocenters. The average molecular weight is 362 g/mol. The zero-order chi connectivity index (χ0) is 18.6. The van der Waals surface area contributed by atoms with Crippen molar-refractivity contribution >= 4 is 16.8 Å². The zero-order valence-corrected chi connectivity index (χ0v) is 15.3. The maximum Gasteiger partial charge on any atom is 0.275 e. The third-order valence-electron chi connectivity index (χ3n) is 4.73. The zero-order valence-electron chi connectivity index (χ0n) is 15.3. The number of nitrogens with one attached hydrogen (secondary N) is 1. The smallest absolute Gasteiger partial charge is 0.275 e. The molecule has 2 aromatic carbocycles. The molecule has 1 N–H and O–H groups in total. The van der Waals surface area contributed by atoms with Crippen LogP contribution in [0.1, 0.15) is 35.2 Å². The molecule has 1 saturated heterocycles. The number of carbonyl (C=O) groups excluding carboxylic acids is 1. The molecule has 5 nitrogen and oxygen atoms in total. The lowest BCUT2D eigenvalue weighted by molar-refractivity contribution is -0.186. The van der Waals surface area contributed by atoms with Crippen molar-refractivity contribution in [1.29, 1.82) is 0 Å². The van der Waals surface area contributed by atoms with E-state index in [0.717, 1.165) is 41.4 Å². The molecule has 1 aliphatic rings. The third-order valence-corrected chi connectivity index (χ3v) is 4.73. The van der Waals surface area contributed by atoms with Crippen molar-refractivity contribution in [1.82, 2.24) is 10.5 Å². The number of benzene rings is 2. The SMILES string of the molecule is Cc1ccc(-c2cc(C(=O)NOC3CCCCO3)c3ccccc3n2)cc1. The van der Waals surface area contributed by atoms with Crippen LogP contribution in [0.2, 0.25) is 0 Å². The third kappa shape index (κ3) is 3.99. The number of aromatic nitrogens is 1. The van der Waals surface area contributed by atoms with Crippen LogP contribution in [-0.4, -0.2) is 23.8 Å². The predicted molar refractivity (Wildman–Crippen MR) is 104 cm³/mol. The largest absolute Gasteiger partial charge is 0.350 e. The van der Waals surface area contributed by atoms with Crippen molar-refractivity contribution in [2.75, 3.05) is 6.61 Å². The maximum absolute atomic E-state index is 12.8. The summed E-state index contributed by atoms with van der Waals surface area (Å²) in [5.41, 5.74) is 6.77. The second-order valence-corrected chi connectivity index (χ2v) is 6.78. The molecule has 1 aromatic heterocycles. The van der Waals surface area contributed by atoms with Gasteiger partial charge in [-0.1, -0.05) is 48.0 Å². The number of amides is 1. The highest BCUT2D eigenvalue weighted by atomic mass is 16.8. The van der Waals surface area contributed by atoms with E-state index in [0.29, 0.717) is 12.2 Å². The summed E-state index contributed by atoms with van der Waals surface area (Å²) in [6.07, 6.45) is 2.47. The lowest BCUT2D eigenvalue weighted by Crippen LogP contribution is -2.33. The Hall–Kier alpha value is -2.76. The van der Waals surface area contributed by atoms with Gasteiger partial charge in [-0.15, -0.1) is 0 Å². The first kappa shape index (κ1) is 17.6. The van der Waals surface area contributed by atoms with E-state index < -0.39 is 0 Å². The van der Waals surface area contributed by atoms with Crippen LogP contribution in [-0.2, 0) is 9.57 Å². The Kier molecular flexibility index (Phi) is 5.14. The number of aryl methyl sites for hydroxylation is 1. The quantitative estimate of drug-likeness (QED) is 0.699. The van der Waals surface area contributed by atoms with Crippen molar-refractivity contribution in [3.05, 3.63) is 65.7 Å². The van der Waals surface area contributed by atoms with Crippen LogP contribution >= 0.6 is 0 Å². The molecule has 0 radical (unpaired) electrons. The highest BCUT2D eigenvalue weighted by Crippen LogP contribution is 2.25. The van der Waals surface area contributed by atoms with E-state index in [1.54, 1.807) is 0 Å². The number of fused-ring (bicyclic) bond motifs is 1. The van der Waals surface area contributed by atoms with Crippen LogP contribution in [0, 0.1) is 6.92 Å². The summed E-state index contributed by atoms with van der Waals surface area (Å²) in [5.74, 6) is -0.295. The van der Waals surface area contributed by atoms with Gasteiger partial charge in [0.2, 0.25) is 0 Å². The van der Waals surface area contributed by atoms with Crippen LogP contribution in [0.3, 0.4) is 0 Å². The second-order valence-electron chi connectivity index (χ2n) is 6.78. The molecule has 0 bridgehead atoms. The maximum atomic E-state index is 12.8. The van der Waals surface area contributed by atoms with Crippen molar-refractivity contribution in [3.8, 4) is 11.3 Å². The lowest BCUT2D eigenvalue weighted by Gasteiger charge is -2.22. The second kappa shape index (κ2) is 7.86. The summed E-state index contributed by atoms with van der Waals surface area (Å²) >= 11 is 0. The van der Waals surface area contributed by atoms with E-state index in [4.69, 9.17) is 14.6 Å². The average Bonchev–Trinajstić information content (AvgIpc) is 2.72. The molecule has 1 aliphatic heterocycles. The summed E-state index contributed by atoms with van der Waals surface area (Å²) in [5, 5.41) is 0.791. The van der Waals surface area contributed by atoms with Crippen molar-refractivity contribution < 1.29 is 14.4 Å². The number of rotatable bonds is 4. The van der Waals surface area contributed by atoms with E-state index in [2.05, 4.69) is 5.48 Å². The highest BCUT2D eigenvalue weighted by Gasteiger charge is 2.18. The molecule has 3 aromatic rings. The molecule has 27 heavy (non-hydrogen) atoms. The predicted octanol–water partition coefficient (Wildman–Crippen LogP) is 4.40. The van der Waals surface area contributed by atoms with Crippen molar-refractivity contribution in [2.24, 2.45) is 0 Å². The van der Waals surface area contributed by atoms with Crippen LogP contribution in [0.5, 0.6) is 0 Å². The van der Waals surface area contributed by atoms with Gasteiger partial charge in [-0.3, -0.25) is 4.79 Å². The minimum absolute atomic E-state index is 0.295. The summed E-state index contributed by atoms with van der Waals surface area (Å²) in [6, 6.07) is 17.5. The molecule has 5 heteroatoms. The van der Waals surface area contributed by atoms with E-state index in [-0.39, 0.29) is 12.2 Å². The Bertz CT molecular complexity index is 947. The Balaban J connectivity index is 1.65. The van der Waals surface area contributed by atoms with Gasteiger partial charge in [-0.05, 0) is 31.9 Å². The lowest BCUT2D eigenvalue weighted by atomic mass is 10.0. The Morgan fingerprint density at radius 2 is 1.96 bits per heavy atom. The molecule has 1 atom stereocenters. The molecule has 0 saturated carbocycles. The van der Waals surface area contributed by atoms with Gasteiger partial charge in [-0.2, -0.15) is 0 Å². The standard InChI is InChI=1S/C22H22N2O3/c1-15-9-11-16(12-10-15)20-14-18(17-6-2-3-7-19(17)23-20)22(25)24-27-21-8-4-5-13-26-21/h2-3,6-7,9-12,14,21H,4-5,8,13H2,1H3,(H,24,25). The molecule has 1 amide bonds. The van der Waals surface area contributed by atoms with Crippen molar-refractivity contribution in [2.45, 2.75) is 32.5 Å². The molecule has 138 valence electrons. The van der Waals surface area contributed by atoms with Gasteiger partial charge < -0.3 is 4.74 Å². The number of nitrogens with zero attached hydrogens (tertiary/aromatic N) is 1. The summed E-state index contributed by atoms with van der Waals surface area (Å²) < 4.78 is 5.51. The van der Waals surface area contributed by atoms with Gasteiger partial charge in [0.05, 0.1) is 16.8 Å².